The number of hydrogen-bond acceptors (Lipinski definition) is 2. The lowest BCUT2D eigenvalue weighted by Gasteiger charge is -2.18. The molecule has 0 radical (unpaired) electrons. The quantitative estimate of drug-likeness (QED) is 0.893. The van der Waals surface area contributed by atoms with Crippen molar-refractivity contribution in [1.82, 2.24) is 5.32 Å². The van der Waals surface area contributed by atoms with Gasteiger partial charge in [-0.1, -0.05) is 31.2 Å². The minimum atomic E-state index is 0.198. The molecular formula is C17H23NO. The van der Waals surface area contributed by atoms with E-state index in [0.29, 0.717) is 0 Å². The molecule has 2 rings (SSSR count). The predicted molar refractivity (Wildman–Crippen MR) is 79.6 cm³/mol. The Bertz CT molecular complexity index is 551. The highest BCUT2D eigenvalue weighted by atomic mass is 16.3. The summed E-state index contributed by atoms with van der Waals surface area (Å²) in [5.41, 5.74) is 5.17. The Labute approximate surface area is 115 Å². The van der Waals surface area contributed by atoms with Gasteiger partial charge >= 0.3 is 0 Å². The summed E-state index contributed by atoms with van der Waals surface area (Å²) in [6.45, 7) is 8.38. The van der Waals surface area contributed by atoms with Crippen LogP contribution in [0.5, 0.6) is 0 Å². The minimum absolute atomic E-state index is 0.198. The van der Waals surface area contributed by atoms with Crippen LogP contribution in [-0.2, 0) is 6.42 Å². The van der Waals surface area contributed by atoms with Crippen LogP contribution in [0.1, 0.15) is 46.7 Å². The van der Waals surface area contributed by atoms with Gasteiger partial charge in [0, 0.05) is 5.56 Å². The second-order valence-corrected chi connectivity index (χ2v) is 5.07. The van der Waals surface area contributed by atoms with Gasteiger partial charge in [0.1, 0.15) is 11.5 Å². The third kappa shape index (κ3) is 2.59. The van der Waals surface area contributed by atoms with Crippen LogP contribution in [0.3, 0.4) is 0 Å². The fourth-order valence-electron chi connectivity index (χ4n) is 2.66. The molecule has 1 heterocycles. The first-order valence-corrected chi connectivity index (χ1v) is 6.91. The number of benzene rings is 1. The van der Waals surface area contributed by atoms with Crippen LogP contribution in [0, 0.1) is 20.8 Å². The molecule has 0 amide bonds. The molecule has 1 N–H and O–H groups in total. The number of furan rings is 1. The normalized spacial score (nSPS) is 12.7. The van der Waals surface area contributed by atoms with Crippen LogP contribution in [0.2, 0.25) is 0 Å². The van der Waals surface area contributed by atoms with Crippen LogP contribution in [0.4, 0.5) is 0 Å². The highest BCUT2D eigenvalue weighted by Gasteiger charge is 2.21. The third-order valence-electron chi connectivity index (χ3n) is 3.92. The number of rotatable bonds is 4. The van der Waals surface area contributed by atoms with Gasteiger partial charge < -0.3 is 9.73 Å². The van der Waals surface area contributed by atoms with Crippen molar-refractivity contribution < 1.29 is 4.42 Å². The minimum Gasteiger partial charge on any atom is -0.466 e. The van der Waals surface area contributed by atoms with Crippen LogP contribution >= 0.6 is 0 Å². The van der Waals surface area contributed by atoms with Gasteiger partial charge in [-0.3, -0.25) is 0 Å². The first-order chi connectivity index (χ1) is 9.08. The standard InChI is InChI=1S/C17H23NO/c1-6-14-7-9-15(10-8-14)17(18-5)16-11(2)12(3)19-13(16)4/h7-10,17-18H,6H2,1-5H3. The van der Waals surface area contributed by atoms with Gasteiger partial charge in [-0.15, -0.1) is 0 Å². The lowest BCUT2D eigenvalue weighted by atomic mass is 9.94. The number of hydrogen-bond donors (Lipinski definition) is 1. The zero-order chi connectivity index (χ0) is 14.0. The average molecular weight is 257 g/mol. The second kappa shape index (κ2) is 5.62. The van der Waals surface area contributed by atoms with Crippen molar-refractivity contribution >= 4 is 0 Å². The SMILES string of the molecule is CCc1ccc(C(NC)c2c(C)oc(C)c2C)cc1. The maximum atomic E-state index is 5.75. The summed E-state index contributed by atoms with van der Waals surface area (Å²) in [7, 11) is 2.00. The predicted octanol–water partition coefficient (Wildman–Crippen LogP) is 4.08. The highest BCUT2D eigenvalue weighted by Crippen LogP contribution is 2.31. The Morgan fingerprint density at radius 1 is 1.05 bits per heavy atom. The van der Waals surface area contributed by atoms with Gasteiger partial charge in [-0.2, -0.15) is 0 Å². The molecule has 0 aliphatic carbocycles. The molecule has 19 heavy (non-hydrogen) atoms. The summed E-state index contributed by atoms with van der Waals surface area (Å²) in [6, 6.07) is 9.03. The Kier molecular flexibility index (Phi) is 4.11. The van der Waals surface area contributed by atoms with Gasteiger partial charge in [-0.05, 0) is 50.9 Å². The van der Waals surface area contributed by atoms with E-state index in [1.807, 2.05) is 20.9 Å². The molecule has 0 saturated carbocycles. The Morgan fingerprint density at radius 3 is 2.11 bits per heavy atom. The smallest absolute Gasteiger partial charge is 0.106 e. The third-order valence-corrected chi connectivity index (χ3v) is 3.92. The maximum Gasteiger partial charge on any atom is 0.106 e. The fourth-order valence-corrected chi connectivity index (χ4v) is 2.66. The van der Waals surface area contributed by atoms with E-state index in [2.05, 4.69) is 43.4 Å². The molecule has 0 saturated heterocycles. The first-order valence-electron chi connectivity index (χ1n) is 6.91. The Morgan fingerprint density at radius 2 is 1.68 bits per heavy atom. The monoisotopic (exact) mass is 257 g/mol. The molecule has 1 unspecified atom stereocenters. The topological polar surface area (TPSA) is 25.2 Å². The molecule has 102 valence electrons. The van der Waals surface area contributed by atoms with Crippen molar-refractivity contribution in [3.05, 3.63) is 58.0 Å². The summed E-state index contributed by atoms with van der Waals surface area (Å²) in [6.07, 6.45) is 1.08. The lowest BCUT2D eigenvalue weighted by Crippen LogP contribution is -2.18. The molecule has 2 nitrogen and oxygen atoms in total. The molecule has 0 bridgehead atoms. The van der Waals surface area contributed by atoms with Crippen molar-refractivity contribution in [2.45, 2.75) is 40.2 Å². The van der Waals surface area contributed by atoms with Crippen LogP contribution in [0.25, 0.3) is 0 Å². The van der Waals surface area contributed by atoms with E-state index >= 15 is 0 Å². The maximum absolute atomic E-state index is 5.75. The van der Waals surface area contributed by atoms with Gasteiger partial charge in [0.15, 0.2) is 0 Å². The lowest BCUT2D eigenvalue weighted by molar-refractivity contribution is 0.495. The molecule has 1 atom stereocenters. The van der Waals surface area contributed by atoms with Crippen molar-refractivity contribution in [3.8, 4) is 0 Å². The van der Waals surface area contributed by atoms with E-state index < -0.39 is 0 Å². The molecule has 0 aliphatic heterocycles. The molecular weight excluding hydrogens is 234 g/mol. The van der Waals surface area contributed by atoms with E-state index in [4.69, 9.17) is 4.42 Å². The Balaban J connectivity index is 2.43. The zero-order valence-electron chi connectivity index (χ0n) is 12.5. The van der Waals surface area contributed by atoms with Gasteiger partial charge in [-0.25, -0.2) is 0 Å². The molecule has 0 spiro atoms. The molecule has 2 aromatic rings. The molecule has 0 fully saturated rings. The van der Waals surface area contributed by atoms with Crippen molar-refractivity contribution in [1.29, 1.82) is 0 Å². The Hall–Kier alpha value is -1.54. The van der Waals surface area contributed by atoms with E-state index in [9.17, 15) is 0 Å². The van der Waals surface area contributed by atoms with E-state index in [-0.39, 0.29) is 6.04 Å². The summed E-state index contributed by atoms with van der Waals surface area (Å²) < 4.78 is 5.75. The number of nitrogens with one attached hydrogen (secondary N) is 1. The largest absolute Gasteiger partial charge is 0.466 e. The van der Waals surface area contributed by atoms with Crippen molar-refractivity contribution in [3.63, 3.8) is 0 Å². The van der Waals surface area contributed by atoms with Gasteiger partial charge in [0.25, 0.3) is 0 Å². The van der Waals surface area contributed by atoms with E-state index in [0.717, 1.165) is 17.9 Å². The highest BCUT2D eigenvalue weighted by molar-refractivity contribution is 5.41. The number of aryl methyl sites for hydroxylation is 3. The van der Waals surface area contributed by atoms with Crippen molar-refractivity contribution in [2.75, 3.05) is 7.05 Å². The second-order valence-electron chi connectivity index (χ2n) is 5.07. The molecule has 1 aromatic heterocycles. The summed E-state index contributed by atoms with van der Waals surface area (Å²) >= 11 is 0. The average Bonchev–Trinajstić information content (AvgIpc) is 2.67. The van der Waals surface area contributed by atoms with Gasteiger partial charge in [0.05, 0.1) is 6.04 Å². The van der Waals surface area contributed by atoms with E-state index in [1.165, 1.54) is 22.3 Å². The zero-order valence-corrected chi connectivity index (χ0v) is 12.5. The van der Waals surface area contributed by atoms with E-state index in [1.54, 1.807) is 0 Å². The summed E-state index contributed by atoms with van der Waals surface area (Å²) in [4.78, 5) is 0. The molecule has 1 aromatic carbocycles. The van der Waals surface area contributed by atoms with Crippen LogP contribution in [0.15, 0.2) is 28.7 Å². The fraction of sp³-hybridized carbons (Fsp3) is 0.412. The summed E-state index contributed by atoms with van der Waals surface area (Å²) in [5.74, 6) is 2.02. The van der Waals surface area contributed by atoms with Gasteiger partial charge in [0.2, 0.25) is 0 Å². The van der Waals surface area contributed by atoms with Crippen LogP contribution in [-0.4, -0.2) is 7.05 Å². The summed E-state index contributed by atoms with van der Waals surface area (Å²) in [5, 5.41) is 3.41. The molecule has 2 heteroatoms. The van der Waals surface area contributed by atoms with Crippen LogP contribution < -0.4 is 5.32 Å². The van der Waals surface area contributed by atoms with Crippen molar-refractivity contribution in [2.24, 2.45) is 0 Å². The molecule has 0 aliphatic rings. The first kappa shape index (κ1) is 13.9.